The van der Waals surface area contributed by atoms with Crippen LogP contribution in [0.2, 0.25) is 0 Å². The fourth-order valence-corrected chi connectivity index (χ4v) is 3.99. The summed E-state index contributed by atoms with van der Waals surface area (Å²) in [5.74, 6) is 0.991. The molecule has 1 atom stereocenters. The highest BCUT2D eigenvalue weighted by atomic mass is 16.2. The zero-order chi connectivity index (χ0) is 17.6. The zero-order valence-electron chi connectivity index (χ0n) is 15.6. The van der Waals surface area contributed by atoms with Crippen LogP contribution >= 0.6 is 0 Å². The Hall–Kier alpha value is -1.43. The minimum atomic E-state index is 0.221. The molecule has 138 valence electrons. The number of hydrazine groups is 1. The number of carbonyl (C=O) groups is 1. The lowest BCUT2D eigenvalue weighted by atomic mass is 9.88. The number of likely N-dealkylation sites (tertiary alicyclic amines) is 1. The van der Waals surface area contributed by atoms with E-state index in [4.69, 9.17) is 0 Å². The van der Waals surface area contributed by atoms with Gasteiger partial charge in [-0.3, -0.25) is 20.5 Å². The first-order chi connectivity index (χ1) is 12.1. The minimum Gasteiger partial charge on any atom is -0.335 e. The highest BCUT2D eigenvalue weighted by Crippen LogP contribution is 2.23. The number of nitrogens with zero attached hydrogens (tertiary/aromatic N) is 2. The third kappa shape index (κ3) is 5.03. The molecule has 0 spiro atoms. The minimum absolute atomic E-state index is 0.221. The number of amides is 1. The molecule has 5 heteroatoms. The molecule has 0 radical (unpaired) electrons. The average Bonchev–Trinajstić information content (AvgIpc) is 3.15. The zero-order valence-corrected chi connectivity index (χ0v) is 15.6. The number of benzene rings is 1. The summed E-state index contributed by atoms with van der Waals surface area (Å²) in [4.78, 5) is 17.2. The predicted molar refractivity (Wildman–Crippen MR) is 101 cm³/mol. The van der Waals surface area contributed by atoms with Crippen LogP contribution in [0.1, 0.15) is 38.7 Å². The van der Waals surface area contributed by atoms with Gasteiger partial charge in [0.15, 0.2) is 0 Å². The van der Waals surface area contributed by atoms with Crippen molar-refractivity contribution in [3.05, 3.63) is 35.9 Å². The Labute approximate surface area is 151 Å². The van der Waals surface area contributed by atoms with E-state index in [1.165, 1.54) is 24.8 Å². The fraction of sp³-hybridized carbons (Fsp3) is 0.650. The van der Waals surface area contributed by atoms with E-state index in [2.05, 4.69) is 41.7 Å². The van der Waals surface area contributed by atoms with E-state index in [0.717, 1.165) is 25.6 Å². The van der Waals surface area contributed by atoms with Crippen molar-refractivity contribution in [3.8, 4) is 0 Å². The summed E-state index contributed by atoms with van der Waals surface area (Å²) in [7, 11) is 0. The molecule has 0 aliphatic carbocycles. The predicted octanol–water partition coefficient (Wildman–Crippen LogP) is 2.00. The van der Waals surface area contributed by atoms with Gasteiger partial charge in [-0.15, -0.1) is 0 Å². The third-order valence-electron chi connectivity index (χ3n) is 5.57. The molecule has 25 heavy (non-hydrogen) atoms. The Morgan fingerprint density at radius 2 is 1.92 bits per heavy atom. The lowest BCUT2D eigenvalue weighted by molar-refractivity contribution is -0.135. The first-order valence-corrected chi connectivity index (χ1v) is 9.67. The van der Waals surface area contributed by atoms with Crippen molar-refractivity contribution >= 4 is 5.91 Å². The average molecular weight is 345 g/mol. The Balaban J connectivity index is 1.50. The molecule has 2 saturated heterocycles. The van der Waals surface area contributed by atoms with Gasteiger partial charge in [0.25, 0.3) is 0 Å². The van der Waals surface area contributed by atoms with E-state index in [0.29, 0.717) is 19.1 Å². The smallest absolute Gasteiger partial charge is 0.237 e. The summed E-state index contributed by atoms with van der Waals surface area (Å²) in [5, 5.41) is 0. The summed E-state index contributed by atoms with van der Waals surface area (Å²) in [6.45, 7) is 8.60. The molecule has 1 unspecified atom stereocenters. The Bertz CT molecular complexity index is 534. The van der Waals surface area contributed by atoms with Crippen molar-refractivity contribution in [1.82, 2.24) is 20.7 Å². The van der Waals surface area contributed by atoms with Crippen LogP contribution in [0.25, 0.3) is 0 Å². The van der Waals surface area contributed by atoms with Gasteiger partial charge in [-0.1, -0.05) is 30.3 Å². The summed E-state index contributed by atoms with van der Waals surface area (Å²) >= 11 is 0. The van der Waals surface area contributed by atoms with Crippen molar-refractivity contribution in [1.29, 1.82) is 0 Å². The van der Waals surface area contributed by atoms with Crippen molar-refractivity contribution in [2.24, 2.45) is 5.92 Å². The van der Waals surface area contributed by atoms with Gasteiger partial charge < -0.3 is 4.90 Å². The number of rotatable bonds is 6. The second-order valence-corrected chi connectivity index (χ2v) is 7.68. The molecule has 0 bridgehead atoms. The van der Waals surface area contributed by atoms with Gasteiger partial charge in [-0.25, -0.2) is 0 Å². The maximum Gasteiger partial charge on any atom is 0.237 e. The second-order valence-electron chi connectivity index (χ2n) is 7.68. The standard InChI is InChI=1S/C20H32N4O/c1-16(2)24(14-17-6-4-3-5-7-17)20(25)15-23-12-9-18(10-13-23)19-8-11-21-22-19/h3-7,16,18-19,21-22H,8-15H2,1-2H3. The molecule has 2 fully saturated rings. The summed E-state index contributed by atoms with van der Waals surface area (Å²) < 4.78 is 0. The van der Waals surface area contributed by atoms with Crippen molar-refractivity contribution in [3.63, 3.8) is 0 Å². The highest BCUT2D eigenvalue weighted by Gasteiger charge is 2.29. The molecule has 3 rings (SSSR count). The first kappa shape index (κ1) is 18.4. The van der Waals surface area contributed by atoms with E-state index < -0.39 is 0 Å². The second kappa shape index (κ2) is 8.79. The Morgan fingerprint density at radius 1 is 1.20 bits per heavy atom. The molecular weight excluding hydrogens is 312 g/mol. The van der Waals surface area contributed by atoms with Crippen LogP contribution in [0.15, 0.2) is 30.3 Å². The lowest BCUT2D eigenvalue weighted by Crippen LogP contribution is -2.47. The number of hydrogen-bond donors (Lipinski definition) is 2. The lowest BCUT2D eigenvalue weighted by Gasteiger charge is -2.36. The van der Waals surface area contributed by atoms with Crippen molar-refractivity contribution in [2.45, 2.75) is 51.7 Å². The van der Waals surface area contributed by atoms with Crippen LogP contribution in [0.5, 0.6) is 0 Å². The monoisotopic (exact) mass is 344 g/mol. The topological polar surface area (TPSA) is 47.6 Å². The van der Waals surface area contributed by atoms with E-state index in [9.17, 15) is 4.79 Å². The SMILES string of the molecule is CC(C)N(Cc1ccccc1)C(=O)CN1CCC(C2CCNN2)CC1. The molecule has 2 heterocycles. The van der Waals surface area contributed by atoms with E-state index >= 15 is 0 Å². The summed E-state index contributed by atoms with van der Waals surface area (Å²) in [5.41, 5.74) is 7.84. The van der Waals surface area contributed by atoms with E-state index in [1.807, 2.05) is 23.1 Å². The quantitative estimate of drug-likeness (QED) is 0.829. The molecule has 1 aromatic rings. The molecule has 2 aliphatic heterocycles. The Kier molecular flexibility index (Phi) is 6.45. The van der Waals surface area contributed by atoms with Crippen molar-refractivity contribution in [2.75, 3.05) is 26.2 Å². The number of carbonyl (C=O) groups excluding carboxylic acids is 1. The molecular formula is C20H32N4O. The van der Waals surface area contributed by atoms with Crippen LogP contribution < -0.4 is 10.9 Å². The fourth-order valence-electron chi connectivity index (χ4n) is 3.99. The molecule has 2 N–H and O–H groups in total. The normalized spacial score (nSPS) is 22.4. The number of hydrogen-bond acceptors (Lipinski definition) is 4. The van der Waals surface area contributed by atoms with Crippen LogP contribution in [-0.2, 0) is 11.3 Å². The largest absolute Gasteiger partial charge is 0.335 e. The first-order valence-electron chi connectivity index (χ1n) is 9.67. The van der Waals surface area contributed by atoms with Crippen molar-refractivity contribution < 1.29 is 4.79 Å². The van der Waals surface area contributed by atoms with Gasteiger partial charge in [0.2, 0.25) is 5.91 Å². The number of nitrogens with one attached hydrogen (secondary N) is 2. The summed E-state index contributed by atoms with van der Waals surface area (Å²) in [6.07, 6.45) is 3.60. The van der Waals surface area contributed by atoms with E-state index in [1.54, 1.807) is 0 Å². The van der Waals surface area contributed by atoms with Gasteiger partial charge >= 0.3 is 0 Å². The van der Waals surface area contributed by atoms with Gasteiger partial charge in [-0.05, 0) is 57.7 Å². The molecule has 0 aromatic heterocycles. The van der Waals surface area contributed by atoms with Crippen LogP contribution in [0, 0.1) is 5.92 Å². The maximum absolute atomic E-state index is 12.9. The third-order valence-corrected chi connectivity index (χ3v) is 5.57. The van der Waals surface area contributed by atoms with Gasteiger partial charge in [0.05, 0.1) is 6.54 Å². The summed E-state index contributed by atoms with van der Waals surface area (Å²) in [6, 6.07) is 11.1. The molecule has 5 nitrogen and oxygen atoms in total. The molecule has 1 aromatic carbocycles. The molecule has 2 aliphatic rings. The maximum atomic E-state index is 12.9. The van der Waals surface area contributed by atoms with E-state index in [-0.39, 0.29) is 11.9 Å². The highest BCUT2D eigenvalue weighted by molar-refractivity contribution is 5.78. The Morgan fingerprint density at radius 3 is 2.52 bits per heavy atom. The van der Waals surface area contributed by atoms with Gasteiger partial charge in [0.1, 0.15) is 0 Å². The number of piperidine rings is 1. The molecule has 1 amide bonds. The van der Waals surface area contributed by atoms with Gasteiger partial charge in [-0.2, -0.15) is 0 Å². The van der Waals surface area contributed by atoms with Crippen LogP contribution in [0.3, 0.4) is 0 Å². The van der Waals surface area contributed by atoms with Crippen LogP contribution in [0.4, 0.5) is 0 Å². The van der Waals surface area contributed by atoms with Gasteiger partial charge in [0, 0.05) is 25.2 Å². The van der Waals surface area contributed by atoms with Crippen LogP contribution in [-0.4, -0.2) is 54.0 Å². The molecule has 0 saturated carbocycles.